The quantitative estimate of drug-likeness (QED) is 0.635. The van der Waals surface area contributed by atoms with Gasteiger partial charge in [-0.15, -0.1) is 11.6 Å². The monoisotopic (exact) mass is 227 g/mol. The molecule has 0 amide bonds. The lowest BCUT2D eigenvalue weighted by Gasteiger charge is -2.22. The topological polar surface area (TPSA) is 37.4 Å². The zero-order valence-corrected chi connectivity index (χ0v) is 10.0. The molecule has 0 rings (SSSR count). The first kappa shape index (κ1) is 13.2. The standard InChI is InChI=1S/C8H18ClNO2S/c1-8(7-9)10(2)5-4-6-13(3,11)12/h8H,4-7H2,1-3H3. The Kier molecular flexibility index (Phi) is 5.92. The van der Waals surface area contributed by atoms with Crippen LogP contribution >= 0.6 is 11.6 Å². The highest BCUT2D eigenvalue weighted by atomic mass is 35.5. The number of halogens is 1. The summed E-state index contributed by atoms with van der Waals surface area (Å²) in [6.45, 7) is 2.80. The summed E-state index contributed by atoms with van der Waals surface area (Å²) in [5, 5.41) is 0. The fraction of sp³-hybridized carbons (Fsp3) is 1.00. The summed E-state index contributed by atoms with van der Waals surface area (Å²) in [7, 11) is -0.858. The van der Waals surface area contributed by atoms with Crippen LogP contribution in [0.5, 0.6) is 0 Å². The van der Waals surface area contributed by atoms with Crippen molar-refractivity contribution >= 4 is 21.4 Å². The molecule has 0 aromatic rings. The van der Waals surface area contributed by atoms with E-state index in [2.05, 4.69) is 4.90 Å². The second-order valence-electron chi connectivity index (χ2n) is 3.47. The fourth-order valence-electron chi connectivity index (χ4n) is 0.914. The molecule has 0 saturated carbocycles. The van der Waals surface area contributed by atoms with Crippen molar-refractivity contribution in [2.45, 2.75) is 19.4 Å². The summed E-state index contributed by atoms with van der Waals surface area (Å²) in [6, 6.07) is 0.307. The summed E-state index contributed by atoms with van der Waals surface area (Å²) >= 11 is 5.66. The first-order chi connectivity index (χ1) is 5.87. The predicted octanol–water partition coefficient (Wildman–Crippen LogP) is 0.980. The molecule has 3 nitrogen and oxygen atoms in total. The van der Waals surface area contributed by atoms with E-state index in [0.29, 0.717) is 18.3 Å². The zero-order chi connectivity index (χ0) is 10.5. The number of nitrogens with zero attached hydrogens (tertiary/aromatic N) is 1. The molecule has 80 valence electrons. The van der Waals surface area contributed by atoms with Crippen molar-refractivity contribution in [1.29, 1.82) is 0 Å². The molecule has 0 radical (unpaired) electrons. The van der Waals surface area contributed by atoms with E-state index >= 15 is 0 Å². The molecule has 1 atom stereocenters. The van der Waals surface area contributed by atoms with Gasteiger partial charge in [-0.2, -0.15) is 0 Å². The minimum absolute atomic E-state index is 0.256. The molecular weight excluding hydrogens is 210 g/mol. The predicted molar refractivity (Wildman–Crippen MR) is 57.1 cm³/mol. The van der Waals surface area contributed by atoms with E-state index in [1.54, 1.807) is 0 Å². The summed E-state index contributed by atoms with van der Waals surface area (Å²) in [5.41, 5.74) is 0. The van der Waals surface area contributed by atoms with E-state index in [9.17, 15) is 8.42 Å². The molecule has 0 aliphatic heterocycles. The second kappa shape index (κ2) is 5.83. The van der Waals surface area contributed by atoms with Gasteiger partial charge in [0.05, 0.1) is 5.75 Å². The van der Waals surface area contributed by atoms with Crippen LogP contribution in [0.25, 0.3) is 0 Å². The molecule has 1 unspecified atom stereocenters. The molecule has 0 aromatic carbocycles. The van der Waals surface area contributed by atoms with E-state index in [-0.39, 0.29) is 5.75 Å². The van der Waals surface area contributed by atoms with Crippen LogP contribution in [0, 0.1) is 0 Å². The average Bonchev–Trinajstić information content (AvgIpc) is 2.00. The van der Waals surface area contributed by atoms with Crippen molar-refractivity contribution in [3.05, 3.63) is 0 Å². The van der Waals surface area contributed by atoms with E-state index in [0.717, 1.165) is 6.54 Å². The summed E-state index contributed by atoms with van der Waals surface area (Å²) in [5.74, 6) is 0.835. The van der Waals surface area contributed by atoms with Crippen molar-refractivity contribution in [2.75, 3.05) is 31.5 Å². The van der Waals surface area contributed by atoms with Gasteiger partial charge in [0.1, 0.15) is 9.84 Å². The van der Waals surface area contributed by atoms with Gasteiger partial charge in [0.15, 0.2) is 0 Å². The summed E-state index contributed by atoms with van der Waals surface area (Å²) < 4.78 is 21.6. The molecule has 0 saturated heterocycles. The highest BCUT2D eigenvalue weighted by molar-refractivity contribution is 7.90. The smallest absolute Gasteiger partial charge is 0.147 e. The average molecular weight is 228 g/mol. The summed E-state index contributed by atoms with van der Waals surface area (Å²) in [4.78, 5) is 2.07. The zero-order valence-electron chi connectivity index (χ0n) is 8.46. The van der Waals surface area contributed by atoms with Crippen LogP contribution in [0.2, 0.25) is 0 Å². The van der Waals surface area contributed by atoms with E-state index in [1.165, 1.54) is 6.26 Å². The maximum absolute atomic E-state index is 10.8. The van der Waals surface area contributed by atoms with Crippen LogP contribution in [-0.2, 0) is 9.84 Å². The van der Waals surface area contributed by atoms with Gasteiger partial charge in [-0.3, -0.25) is 0 Å². The summed E-state index contributed by atoms with van der Waals surface area (Å²) in [6.07, 6.45) is 1.94. The highest BCUT2D eigenvalue weighted by Gasteiger charge is 2.08. The van der Waals surface area contributed by atoms with Gasteiger partial charge in [0.2, 0.25) is 0 Å². The Morgan fingerprint density at radius 2 is 2.00 bits per heavy atom. The molecule has 0 aliphatic rings. The van der Waals surface area contributed by atoms with E-state index in [1.807, 2.05) is 14.0 Å². The molecule has 0 fully saturated rings. The van der Waals surface area contributed by atoms with Crippen molar-refractivity contribution in [3.63, 3.8) is 0 Å². The maximum Gasteiger partial charge on any atom is 0.147 e. The van der Waals surface area contributed by atoms with Gasteiger partial charge in [-0.1, -0.05) is 0 Å². The third kappa shape index (κ3) is 7.28. The van der Waals surface area contributed by atoms with Crippen LogP contribution in [0.15, 0.2) is 0 Å². The lowest BCUT2D eigenvalue weighted by atomic mass is 10.3. The van der Waals surface area contributed by atoms with Gasteiger partial charge in [0.25, 0.3) is 0 Å². The second-order valence-corrected chi connectivity index (χ2v) is 6.04. The van der Waals surface area contributed by atoms with Gasteiger partial charge < -0.3 is 4.90 Å². The Bertz CT molecular complexity index is 228. The Balaban J connectivity index is 3.65. The van der Waals surface area contributed by atoms with Crippen LogP contribution in [0.3, 0.4) is 0 Å². The number of hydrogen-bond acceptors (Lipinski definition) is 3. The molecule has 0 heterocycles. The minimum atomic E-state index is -2.81. The van der Waals surface area contributed by atoms with E-state index in [4.69, 9.17) is 11.6 Å². The Labute approximate surface area is 86.0 Å². The number of alkyl halides is 1. The molecule has 5 heteroatoms. The Hall–Kier alpha value is 0.200. The molecule has 0 bridgehead atoms. The van der Waals surface area contributed by atoms with Crippen LogP contribution < -0.4 is 0 Å². The van der Waals surface area contributed by atoms with Crippen molar-refractivity contribution in [3.8, 4) is 0 Å². The lowest BCUT2D eigenvalue weighted by Crippen LogP contribution is -2.32. The normalized spacial score (nSPS) is 14.8. The third-order valence-electron chi connectivity index (χ3n) is 2.00. The van der Waals surface area contributed by atoms with Gasteiger partial charge in [0, 0.05) is 18.2 Å². The Morgan fingerprint density at radius 3 is 2.38 bits per heavy atom. The number of rotatable bonds is 6. The van der Waals surface area contributed by atoms with Crippen molar-refractivity contribution in [2.24, 2.45) is 0 Å². The van der Waals surface area contributed by atoms with Gasteiger partial charge in [-0.05, 0) is 26.9 Å². The molecule has 0 N–H and O–H groups in total. The van der Waals surface area contributed by atoms with E-state index < -0.39 is 9.84 Å². The third-order valence-corrected chi connectivity index (χ3v) is 3.48. The molecule has 0 aromatic heterocycles. The largest absolute Gasteiger partial charge is 0.302 e. The molecule has 0 aliphatic carbocycles. The first-order valence-electron chi connectivity index (χ1n) is 4.30. The fourth-order valence-corrected chi connectivity index (χ4v) is 1.80. The van der Waals surface area contributed by atoms with Crippen molar-refractivity contribution < 1.29 is 8.42 Å². The molecule has 13 heavy (non-hydrogen) atoms. The number of sulfone groups is 1. The molecule has 0 spiro atoms. The van der Waals surface area contributed by atoms with Crippen molar-refractivity contribution in [1.82, 2.24) is 4.90 Å². The minimum Gasteiger partial charge on any atom is -0.302 e. The first-order valence-corrected chi connectivity index (χ1v) is 6.90. The molecular formula is C8H18ClNO2S. The van der Waals surface area contributed by atoms with Gasteiger partial charge in [-0.25, -0.2) is 8.42 Å². The SMILES string of the molecule is CC(CCl)N(C)CCCS(C)(=O)=O. The van der Waals surface area contributed by atoms with Crippen LogP contribution in [0.4, 0.5) is 0 Å². The number of hydrogen-bond donors (Lipinski definition) is 0. The van der Waals surface area contributed by atoms with Crippen LogP contribution in [0.1, 0.15) is 13.3 Å². The Morgan fingerprint density at radius 1 is 1.46 bits per heavy atom. The van der Waals surface area contributed by atoms with Crippen LogP contribution in [-0.4, -0.2) is 50.8 Å². The maximum atomic E-state index is 10.8. The lowest BCUT2D eigenvalue weighted by molar-refractivity contribution is 0.277. The van der Waals surface area contributed by atoms with Gasteiger partial charge >= 0.3 is 0 Å². The highest BCUT2D eigenvalue weighted by Crippen LogP contribution is 2.00.